The van der Waals surface area contributed by atoms with Crippen LogP contribution in [0.15, 0.2) is 72.8 Å². The Balaban J connectivity index is 0.00000169. The molecule has 1 aromatic heterocycles. The Bertz CT molecular complexity index is 1010. The molecule has 0 aliphatic heterocycles. The highest BCUT2D eigenvalue weighted by Gasteiger charge is 2.21. The van der Waals surface area contributed by atoms with E-state index in [2.05, 4.69) is 78.2 Å². The van der Waals surface area contributed by atoms with E-state index in [1.807, 2.05) is 6.07 Å². The van der Waals surface area contributed by atoms with Gasteiger partial charge < -0.3 is 22.7 Å². The van der Waals surface area contributed by atoms with Crippen molar-refractivity contribution < 1.29 is 21.5 Å². The maximum atomic E-state index is 6.10. The van der Waals surface area contributed by atoms with E-state index in [0.717, 1.165) is 12.2 Å². The van der Waals surface area contributed by atoms with Gasteiger partial charge >= 0.3 is 0 Å². The monoisotopic (exact) mass is 378 g/mol. The lowest BCUT2D eigenvalue weighted by Crippen LogP contribution is -3.00. The van der Waals surface area contributed by atoms with Gasteiger partial charge in [-0.15, -0.1) is 0 Å². The van der Waals surface area contributed by atoms with Crippen molar-refractivity contribution in [3.05, 3.63) is 72.8 Å². The average molecular weight is 379 g/mol. The number of rotatable bonds is 2. The Morgan fingerprint density at radius 1 is 0.792 bits per heavy atom. The van der Waals surface area contributed by atoms with Crippen LogP contribution in [0.25, 0.3) is 32.9 Å². The van der Waals surface area contributed by atoms with Crippen molar-refractivity contribution in [1.29, 1.82) is 0 Å². The average Bonchev–Trinajstić information content (AvgIpc) is 2.61. The minimum atomic E-state index is 0. The van der Waals surface area contributed by atoms with Crippen LogP contribution < -0.4 is 27.3 Å². The minimum absolute atomic E-state index is 0. The first-order valence-electron chi connectivity index (χ1n) is 7.99. The van der Waals surface area contributed by atoms with Gasteiger partial charge in [0.1, 0.15) is 6.54 Å². The number of nitrogens with zero attached hydrogens (tertiary/aromatic N) is 1. The number of anilines is 1. The fraction of sp³-hybridized carbons (Fsp3) is 0.0952. The largest absolute Gasteiger partial charge is 1.00 e. The summed E-state index contributed by atoms with van der Waals surface area (Å²) < 4.78 is 2.38. The Kier molecular flexibility index (Phi) is 4.54. The van der Waals surface area contributed by atoms with E-state index in [1.54, 1.807) is 0 Å². The molecular weight excluding hydrogens is 360 g/mol. The van der Waals surface area contributed by atoms with Gasteiger partial charge in [-0.05, 0) is 37.3 Å². The van der Waals surface area contributed by atoms with Crippen LogP contribution >= 0.6 is 0 Å². The zero-order chi connectivity index (χ0) is 15.8. The third-order valence-electron chi connectivity index (χ3n) is 4.42. The van der Waals surface area contributed by atoms with Crippen molar-refractivity contribution in [2.24, 2.45) is 0 Å². The van der Waals surface area contributed by atoms with Gasteiger partial charge in [0, 0.05) is 22.7 Å². The Morgan fingerprint density at radius 2 is 1.50 bits per heavy atom. The van der Waals surface area contributed by atoms with Crippen molar-refractivity contribution in [1.82, 2.24) is 0 Å². The number of nitrogen functional groups attached to an aromatic ring is 1. The normalized spacial score (nSPS) is 10.7. The lowest BCUT2D eigenvalue weighted by molar-refractivity contribution is -0.655. The fourth-order valence-electron chi connectivity index (χ4n) is 3.43. The molecule has 24 heavy (non-hydrogen) atoms. The first-order chi connectivity index (χ1) is 11.3. The van der Waals surface area contributed by atoms with Crippen molar-refractivity contribution in [3.8, 4) is 11.3 Å². The molecule has 1 heterocycles. The van der Waals surface area contributed by atoms with Crippen LogP contribution in [0.1, 0.15) is 6.92 Å². The highest BCUT2D eigenvalue weighted by Crippen LogP contribution is 2.32. The van der Waals surface area contributed by atoms with E-state index in [9.17, 15) is 0 Å². The van der Waals surface area contributed by atoms with Gasteiger partial charge in [-0.1, -0.05) is 36.4 Å². The third-order valence-corrected chi connectivity index (χ3v) is 4.42. The van der Waals surface area contributed by atoms with Crippen LogP contribution in [-0.4, -0.2) is 0 Å². The molecule has 0 bridgehead atoms. The van der Waals surface area contributed by atoms with Crippen LogP contribution in [0.2, 0.25) is 0 Å². The van der Waals surface area contributed by atoms with Crippen LogP contribution in [0.3, 0.4) is 0 Å². The molecule has 0 amide bonds. The summed E-state index contributed by atoms with van der Waals surface area (Å²) in [6.45, 7) is 3.10. The topological polar surface area (TPSA) is 29.9 Å². The molecule has 0 unspecified atom stereocenters. The van der Waals surface area contributed by atoms with Crippen molar-refractivity contribution in [2.45, 2.75) is 13.5 Å². The highest BCUT2D eigenvalue weighted by atomic mass is 79.9. The lowest BCUT2D eigenvalue weighted by atomic mass is 9.98. The van der Waals surface area contributed by atoms with Gasteiger partial charge in [0.15, 0.2) is 0 Å². The number of hydrogen-bond acceptors (Lipinski definition) is 1. The van der Waals surface area contributed by atoms with E-state index in [4.69, 9.17) is 5.73 Å². The number of fused-ring (bicyclic) bond motifs is 3. The molecule has 0 spiro atoms. The van der Waals surface area contributed by atoms with E-state index in [0.29, 0.717) is 0 Å². The van der Waals surface area contributed by atoms with Crippen LogP contribution in [0.5, 0.6) is 0 Å². The fourth-order valence-corrected chi connectivity index (χ4v) is 3.43. The molecule has 4 rings (SSSR count). The number of nitrogens with two attached hydrogens (primary N) is 1. The van der Waals surface area contributed by atoms with Gasteiger partial charge in [-0.3, -0.25) is 0 Å². The summed E-state index contributed by atoms with van der Waals surface area (Å²) in [5.41, 5.74) is 10.6. The van der Waals surface area contributed by atoms with Gasteiger partial charge in [0.25, 0.3) is 0 Å². The van der Waals surface area contributed by atoms with Gasteiger partial charge in [0.2, 0.25) is 11.2 Å². The van der Waals surface area contributed by atoms with Crippen LogP contribution in [-0.2, 0) is 6.54 Å². The third kappa shape index (κ3) is 2.55. The zero-order valence-corrected chi connectivity index (χ0v) is 15.1. The standard InChI is InChI=1S/C21H19N2.BrH/c1-2-23-20-11-7-6-10-18(20)17-13-12-16(22)14-19(17)21(23)15-8-4-3-5-9-15;/h3-14H,2,22H2,1H3;1H/q+1;/p-1. The molecule has 120 valence electrons. The number of pyridine rings is 1. The summed E-state index contributed by atoms with van der Waals surface area (Å²) in [7, 11) is 0. The molecule has 3 heteroatoms. The molecule has 3 aromatic carbocycles. The van der Waals surface area contributed by atoms with Gasteiger partial charge in [0.05, 0.1) is 10.8 Å². The second-order valence-corrected chi connectivity index (χ2v) is 5.78. The van der Waals surface area contributed by atoms with E-state index in [-0.39, 0.29) is 17.0 Å². The van der Waals surface area contributed by atoms with E-state index >= 15 is 0 Å². The van der Waals surface area contributed by atoms with Crippen LogP contribution in [0.4, 0.5) is 5.69 Å². The number of hydrogen-bond donors (Lipinski definition) is 1. The second-order valence-electron chi connectivity index (χ2n) is 5.78. The minimum Gasteiger partial charge on any atom is -1.00 e. The first-order valence-corrected chi connectivity index (χ1v) is 7.99. The van der Waals surface area contributed by atoms with Crippen LogP contribution in [0, 0.1) is 0 Å². The lowest BCUT2D eigenvalue weighted by Gasteiger charge is -2.11. The van der Waals surface area contributed by atoms with E-state index < -0.39 is 0 Å². The summed E-state index contributed by atoms with van der Waals surface area (Å²) in [6, 6.07) is 25.4. The summed E-state index contributed by atoms with van der Waals surface area (Å²) in [6.07, 6.45) is 0. The number of benzene rings is 3. The summed E-state index contributed by atoms with van der Waals surface area (Å²) >= 11 is 0. The molecule has 0 atom stereocenters. The maximum absolute atomic E-state index is 6.10. The molecule has 0 aliphatic rings. The molecule has 0 saturated carbocycles. The smallest absolute Gasteiger partial charge is 0.220 e. The predicted molar refractivity (Wildman–Crippen MR) is 97.2 cm³/mol. The number of aromatic nitrogens is 1. The summed E-state index contributed by atoms with van der Waals surface area (Å²) in [5, 5.41) is 3.72. The second kappa shape index (κ2) is 6.62. The predicted octanol–water partition coefficient (Wildman–Crippen LogP) is 1.55. The molecule has 2 N–H and O–H groups in total. The first kappa shape index (κ1) is 16.5. The Morgan fingerprint density at radius 3 is 2.25 bits per heavy atom. The van der Waals surface area contributed by atoms with Gasteiger partial charge in [-0.25, -0.2) is 0 Å². The van der Waals surface area contributed by atoms with Crippen molar-refractivity contribution in [2.75, 3.05) is 5.73 Å². The molecule has 0 aliphatic carbocycles. The van der Waals surface area contributed by atoms with E-state index in [1.165, 1.54) is 32.9 Å². The molecule has 0 saturated heterocycles. The van der Waals surface area contributed by atoms with Gasteiger partial charge in [-0.2, -0.15) is 4.57 Å². The number of aryl methyl sites for hydroxylation is 1. The maximum Gasteiger partial charge on any atom is 0.220 e. The highest BCUT2D eigenvalue weighted by molar-refractivity contribution is 6.09. The number of para-hydroxylation sites is 1. The van der Waals surface area contributed by atoms with Crippen molar-refractivity contribution >= 4 is 27.4 Å². The number of halogens is 1. The Hall–Kier alpha value is -2.39. The summed E-state index contributed by atoms with van der Waals surface area (Å²) in [4.78, 5) is 0. The molecular formula is C21H19BrN2. The molecule has 0 radical (unpaired) electrons. The quantitative estimate of drug-likeness (QED) is 0.320. The molecule has 2 nitrogen and oxygen atoms in total. The molecule has 0 fully saturated rings. The molecule has 4 aromatic rings. The zero-order valence-electron chi connectivity index (χ0n) is 13.5. The Labute approximate surface area is 152 Å². The summed E-state index contributed by atoms with van der Waals surface area (Å²) in [5.74, 6) is 0. The SMILES string of the molecule is CC[n+]1c(-c2ccccc2)c2cc(N)ccc2c2ccccc21.[Br-]. The van der Waals surface area contributed by atoms with Crippen molar-refractivity contribution in [3.63, 3.8) is 0 Å².